The first-order valence-corrected chi connectivity index (χ1v) is 7.86. The van der Waals surface area contributed by atoms with Crippen LogP contribution >= 0.6 is 11.3 Å². The molecule has 1 atom stereocenters. The number of ether oxygens (including phenoxy) is 1. The van der Waals surface area contributed by atoms with Crippen molar-refractivity contribution in [1.29, 1.82) is 0 Å². The molecule has 0 aliphatic carbocycles. The fourth-order valence-electron chi connectivity index (χ4n) is 2.94. The summed E-state index contributed by atoms with van der Waals surface area (Å²) < 4.78 is 5.62. The van der Waals surface area contributed by atoms with E-state index in [-0.39, 0.29) is 0 Å². The Morgan fingerprint density at radius 1 is 1.48 bits per heavy atom. The van der Waals surface area contributed by atoms with Gasteiger partial charge in [-0.3, -0.25) is 4.79 Å². The van der Waals surface area contributed by atoms with Crippen LogP contribution in [0.5, 0.6) is 5.75 Å². The van der Waals surface area contributed by atoms with Crippen LogP contribution in [0, 0.1) is 6.92 Å². The van der Waals surface area contributed by atoms with Crippen molar-refractivity contribution in [2.75, 3.05) is 6.61 Å². The van der Waals surface area contributed by atoms with Crippen LogP contribution < -0.4 is 4.74 Å². The predicted molar refractivity (Wildman–Crippen MR) is 81.0 cm³/mol. The number of rotatable bonds is 4. The molecule has 0 amide bonds. The van der Waals surface area contributed by atoms with Crippen molar-refractivity contribution in [1.82, 2.24) is 4.98 Å². The standard InChI is InChI=1S/C16H17NO3S/c1-11-14(21-10-17-11)6-7-16(15(18)19)8-9-20-13-5-3-2-4-12(13)16/h2-5,10H,6-9H2,1H3,(H,18,19). The van der Waals surface area contributed by atoms with Crippen LogP contribution in [-0.4, -0.2) is 22.7 Å². The molecule has 1 N–H and O–H groups in total. The number of aryl methyl sites for hydroxylation is 2. The van der Waals surface area contributed by atoms with Gasteiger partial charge in [0.05, 0.1) is 23.2 Å². The minimum Gasteiger partial charge on any atom is -0.493 e. The molecule has 0 spiro atoms. The van der Waals surface area contributed by atoms with E-state index in [0.717, 1.165) is 17.7 Å². The number of hydrogen-bond donors (Lipinski definition) is 1. The monoisotopic (exact) mass is 303 g/mol. The summed E-state index contributed by atoms with van der Waals surface area (Å²) in [7, 11) is 0. The summed E-state index contributed by atoms with van der Waals surface area (Å²) in [6.45, 7) is 2.42. The molecule has 0 saturated carbocycles. The molecule has 1 aliphatic heterocycles. The Bertz CT molecular complexity index is 667. The van der Waals surface area contributed by atoms with Crippen LogP contribution in [0.2, 0.25) is 0 Å². The van der Waals surface area contributed by atoms with Crippen LogP contribution in [0.15, 0.2) is 29.8 Å². The van der Waals surface area contributed by atoms with Gasteiger partial charge in [0.1, 0.15) is 5.75 Å². The van der Waals surface area contributed by atoms with Gasteiger partial charge in [-0.1, -0.05) is 18.2 Å². The van der Waals surface area contributed by atoms with E-state index in [0.29, 0.717) is 25.2 Å². The van der Waals surface area contributed by atoms with Crippen molar-refractivity contribution in [3.8, 4) is 5.75 Å². The highest BCUT2D eigenvalue weighted by Crippen LogP contribution is 2.42. The summed E-state index contributed by atoms with van der Waals surface area (Å²) >= 11 is 1.59. The van der Waals surface area contributed by atoms with Crippen LogP contribution in [-0.2, 0) is 16.6 Å². The number of carboxylic acids is 1. The maximum absolute atomic E-state index is 12.0. The summed E-state index contributed by atoms with van der Waals surface area (Å²) in [4.78, 5) is 17.4. The summed E-state index contributed by atoms with van der Waals surface area (Å²) in [6.07, 6.45) is 1.82. The number of nitrogens with zero attached hydrogens (tertiary/aromatic N) is 1. The third-order valence-electron chi connectivity index (χ3n) is 4.22. The third-order valence-corrected chi connectivity index (χ3v) is 5.22. The lowest BCUT2D eigenvalue weighted by Gasteiger charge is -2.35. The zero-order valence-electron chi connectivity index (χ0n) is 11.8. The smallest absolute Gasteiger partial charge is 0.314 e. The van der Waals surface area contributed by atoms with E-state index in [9.17, 15) is 9.90 Å². The van der Waals surface area contributed by atoms with Crippen molar-refractivity contribution in [2.24, 2.45) is 0 Å². The minimum atomic E-state index is -0.856. The molecule has 0 radical (unpaired) electrons. The maximum atomic E-state index is 12.0. The molecule has 1 aliphatic rings. The Balaban J connectivity index is 1.94. The molecule has 21 heavy (non-hydrogen) atoms. The first kappa shape index (κ1) is 14.1. The first-order chi connectivity index (χ1) is 10.1. The van der Waals surface area contributed by atoms with Gasteiger partial charge in [-0.15, -0.1) is 11.3 Å². The Morgan fingerprint density at radius 2 is 2.29 bits per heavy atom. The number of hydrogen-bond acceptors (Lipinski definition) is 4. The lowest BCUT2D eigenvalue weighted by atomic mass is 9.72. The Labute approximate surface area is 127 Å². The first-order valence-electron chi connectivity index (χ1n) is 6.98. The van der Waals surface area contributed by atoms with E-state index < -0.39 is 11.4 Å². The molecule has 0 bridgehead atoms. The zero-order valence-corrected chi connectivity index (χ0v) is 12.7. The van der Waals surface area contributed by atoms with Gasteiger partial charge >= 0.3 is 5.97 Å². The molecular weight excluding hydrogens is 286 g/mol. The molecule has 3 rings (SSSR count). The lowest BCUT2D eigenvalue weighted by Crippen LogP contribution is -2.41. The topological polar surface area (TPSA) is 59.4 Å². The fraction of sp³-hybridized carbons (Fsp3) is 0.375. The van der Waals surface area contributed by atoms with E-state index in [4.69, 9.17) is 4.74 Å². The molecule has 2 aromatic rings. The number of carbonyl (C=O) groups is 1. The molecule has 1 unspecified atom stereocenters. The van der Waals surface area contributed by atoms with Crippen molar-refractivity contribution in [3.63, 3.8) is 0 Å². The van der Waals surface area contributed by atoms with Gasteiger partial charge in [0, 0.05) is 16.9 Å². The van der Waals surface area contributed by atoms with E-state index >= 15 is 0 Å². The minimum absolute atomic E-state index is 0.449. The van der Waals surface area contributed by atoms with Crippen molar-refractivity contribution >= 4 is 17.3 Å². The lowest BCUT2D eigenvalue weighted by molar-refractivity contribution is -0.145. The predicted octanol–water partition coefficient (Wildman–Crippen LogP) is 3.19. The largest absolute Gasteiger partial charge is 0.493 e. The second kappa shape index (κ2) is 5.48. The van der Waals surface area contributed by atoms with Gasteiger partial charge in [-0.25, -0.2) is 4.98 Å². The highest BCUT2D eigenvalue weighted by molar-refractivity contribution is 7.09. The summed E-state index contributed by atoms with van der Waals surface area (Å²) in [6, 6.07) is 7.49. The van der Waals surface area contributed by atoms with Crippen molar-refractivity contribution in [2.45, 2.75) is 31.6 Å². The molecule has 0 saturated heterocycles. The van der Waals surface area contributed by atoms with Crippen LogP contribution in [0.3, 0.4) is 0 Å². The average molecular weight is 303 g/mol. The highest BCUT2D eigenvalue weighted by atomic mass is 32.1. The van der Waals surface area contributed by atoms with E-state index in [1.54, 1.807) is 11.3 Å². The molecule has 4 nitrogen and oxygen atoms in total. The van der Waals surface area contributed by atoms with Gasteiger partial charge < -0.3 is 9.84 Å². The van der Waals surface area contributed by atoms with Gasteiger partial charge in [-0.2, -0.15) is 0 Å². The van der Waals surface area contributed by atoms with Crippen LogP contribution in [0.4, 0.5) is 0 Å². The number of thiazole rings is 1. The van der Waals surface area contributed by atoms with Gasteiger partial charge in [0.15, 0.2) is 0 Å². The molecule has 5 heteroatoms. The van der Waals surface area contributed by atoms with E-state index in [1.165, 1.54) is 4.88 Å². The third kappa shape index (κ3) is 2.42. The van der Waals surface area contributed by atoms with E-state index in [2.05, 4.69) is 4.98 Å². The number of benzene rings is 1. The maximum Gasteiger partial charge on any atom is 0.314 e. The SMILES string of the molecule is Cc1ncsc1CCC1(C(=O)O)CCOc2ccccc21. The molecular formula is C16H17NO3S. The zero-order chi connectivity index (χ0) is 14.9. The Hall–Kier alpha value is -1.88. The van der Waals surface area contributed by atoms with Crippen LogP contribution in [0.25, 0.3) is 0 Å². The number of carboxylic acid groups (broad SMARTS) is 1. The molecule has 110 valence electrons. The second-order valence-corrected chi connectivity index (χ2v) is 6.28. The number of para-hydroxylation sites is 1. The summed E-state index contributed by atoms with van der Waals surface area (Å²) in [5, 5.41) is 9.87. The van der Waals surface area contributed by atoms with Crippen molar-refractivity contribution in [3.05, 3.63) is 45.9 Å². The summed E-state index contributed by atoms with van der Waals surface area (Å²) in [5.74, 6) is -0.0624. The molecule has 2 heterocycles. The summed E-state index contributed by atoms with van der Waals surface area (Å²) in [5.41, 5.74) is 2.76. The quantitative estimate of drug-likeness (QED) is 0.942. The number of fused-ring (bicyclic) bond motifs is 1. The van der Waals surface area contributed by atoms with Gasteiger partial charge in [0.2, 0.25) is 0 Å². The normalized spacial score (nSPS) is 20.6. The van der Waals surface area contributed by atoms with Crippen molar-refractivity contribution < 1.29 is 14.6 Å². The number of aromatic nitrogens is 1. The van der Waals surface area contributed by atoms with Gasteiger partial charge in [0.25, 0.3) is 0 Å². The Kier molecular flexibility index (Phi) is 3.68. The number of aliphatic carboxylic acids is 1. The molecule has 1 aromatic heterocycles. The van der Waals surface area contributed by atoms with Gasteiger partial charge in [-0.05, 0) is 25.8 Å². The fourth-order valence-corrected chi connectivity index (χ4v) is 3.72. The van der Waals surface area contributed by atoms with E-state index in [1.807, 2.05) is 36.7 Å². The molecule has 0 fully saturated rings. The molecule has 1 aromatic carbocycles. The Morgan fingerprint density at radius 3 is 3.00 bits per heavy atom. The highest BCUT2D eigenvalue weighted by Gasteiger charge is 2.44. The van der Waals surface area contributed by atoms with Crippen LogP contribution in [0.1, 0.15) is 29.0 Å². The average Bonchev–Trinajstić information content (AvgIpc) is 2.90. The second-order valence-electron chi connectivity index (χ2n) is 5.34.